The third-order valence-electron chi connectivity index (χ3n) is 2.69. The van der Waals surface area contributed by atoms with Crippen molar-refractivity contribution >= 4 is 11.7 Å². The molecule has 1 aliphatic rings. The number of nitrogens with two attached hydrogens (primary N) is 1. The second kappa shape index (κ2) is 5.08. The molecule has 0 amide bonds. The molecular weight excluding hydrogens is 218 g/mol. The summed E-state index contributed by atoms with van der Waals surface area (Å²) in [6, 6.07) is 5.00. The van der Waals surface area contributed by atoms with E-state index in [9.17, 15) is 4.79 Å². The first-order chi connectivity index (χ1) is 8.20. The van der Waals surface area contributed by atoms with Gasteiger partial charge in [0.25, 0.3) is 0 Å². The maximum atomic E-state index is 11.5. The molecule has 2 N–H and O–H groups in total. The fourth-order valence-electron chi connectivity index (χ4n) is 1.51. The van der Waals surface area contributed by atoms with Crippen LogP contribution in [0.25, 0.3) is 0 Å². The zero-order valence-corrected chi connectivity index (χ0v) is 9.94. The van der Waals surface area contributed by atoms with E-state index < -0.39 is 0 Å². The van der Waals surface area contributed by atoms with Crippen molar-refractivity contribution in [2.45, 2.75) is 19.8 Å². The highest BCUT2D eigenvalue weighted by molar-refractivity contribution is 5.91. The van der Waals surface area contributed by atoms with Crippen LogP contribution in [-0.4, -0.2) is 19.2 Å². The third kappa shape index (κ3) is 3.12. The summed E-state index contributed by atoms with van der Waals surface area (Å²) in [5, 5.41) is 0. The molecule has 92 valence electrons. The molecule has 0 atom stereocenters. The summed E-state index contributed by atoms with van der Waals surface area (Å²) in [6.45, 7) is 2.84. The Labute approximate surface area is 101 Å². The molecular formula is C13H17NO3. The Morgan fingerprint density at radius 3 is 2.82 bits per heavy atom. The summed E-state index contributed by atoms with van der Waals surface area (Å²) in [6.07, 6.45) is 2.47. The van der Waals surface area contributed by atoms with Crippen molar-refractivity contribution in [2.75, 3.05) is 18.9 Å². The van der Waals surface area contributed by atoms with Gasteiger partial charge in [0, 0.05) is 0 Å². The van der Waals surface area contributed by atoms with E-state index in [-0.39, 0.29) is 5.97 Å². The molecule has 0 saturated heterocycles. The molecule has 4 heteroatoms. The Balaban J connectivity index is 2.01. The number of carbonyl (C=O) groups excluding carboxylic acids is 1. The molecule has 0 bridgehead atoms. The van der Waals surface area contributed by atoms with Crippen LogP contribution < -0.4 is 10.5 Å². The van der Waals surface area contributed by atoms with Crippen molar-refractivity contribution in [1.29, 1.82) is 0 Å². The van der Waals surface area contributed by atoms with Gasteiger partial charge in [-0.25, -0.2) is 4.79 Å². The van der Waals surface area contributed by atoms with Crippen LogP contribution in [0.1, 0.15) is 30.1 Å². The fourth-order valence-corrected chi connectivity index (χ4v) is 1.51. The Morgan fingerprint density at radius 1 is 1.47 bits per heavy atom. The zero-order valence-electron chi connectivity index (χ0n) is 9.94. The van der Waals surface area contributed by atoms with E-state index >= 15 is 0 Å². The highest BCUT2D eigenvalue weighted by Crippen LogP contribution is 2.31. The van der Waals surface area contributed by atoms with E-state index in [2.05, 4.69) is 0 Å². The fraction of sp³-hybridized carbons (Fsp3) is 0.462. The van der Waals surface area contributed by atoms with Crippen molar-refractivity contribution in [3.8, 4) is 5.75 Å². The van der Waals surface area contributed by atoms with E-state index in [1.54, 1.807) is 25.1 Å². The quantitative estimate of drug-likeness (QED) is 0.628. The predicted octanol–water partition coefficient (Wildman–Crippen LogP) is 2.23. The Kier molecular flexibility index (Phi) is 3.52. The van der Waals surface area contributed by atoms with Gasteiger partial charge in [0.1, 0.15) is 5.75 Å². The maximum absolute atomic E-state index is 11.5. The number of hydrogen-bond donors (Lipinski definition) is 1. The number of esters is 1. The normalized spacial score (nSPS) is 14.4. The first-order valence-electron chi connectivity index (χ1n) is 5.90. The van der Waals surface area contributed by atoms with Crippen LogP contribution in [0, 0.1) is 5.92 Å². The van der Waals surface area contributed by atoms with Crippen molar-refractivity contribution < 1.29 is 14.3 Å². The van der Waals surface area contributed by atoms with Crippen molar-refractivity contribution in [1.82, 2.24) is 0 Å². The lowest BCUT2D eigenvalue weighted by Crippen LogP contribution is -2.07. The standard InChI is InChI=1S/C13H17NO3/c1-2-16-13(15)10-5-6-12(11(14)7-10)17-8-9-3-4-9/h5-7,9H,2-4,8,14H2,1H3. The van der Waals surface area contributed by atoms with Gasteiger partial charge in [-0.15, -0.1) is 0 Å². The topological polar surface area (TPSA) is 61.5 Å². The minimum atomic E-state index is -0.354. The average molecular weight is 235 g/mol. The smallest absolute Gasteiger partial charge is 0.338 e. The molecule has 1 fully saturated rings. The first-order valence-corrected chi connectivity index (χ1v) is 5.90. The van der Waals surface area contributed by atoms with E-state index in [4.69, 9.17) is 15.2 Å². The maximum Gasteiger partial charge on any atom is 0.338 e. The van der Waals surface area contributed by atoms with E-state index in [0.717, 1.165) is 0 Å². The number of benzene rings is 1. The second-order valence-electron chi connectivity index (χ2n) is 4.23. The highest BCUT2D eigenvalue weighted by Gasteiger charge is 2.22. The van der Waals surface area contributed by atoms with Crippen molar-refractivity contribution in [3.05, 3.63) is 23.8 Å². The van der Waals surface area contributed by atoms with E-state index in [1.165, 1.54) is 12.8 Å². The van der Waals surface area contributed by atoms with Gasteiger partial charge in [0.05, 0.1) is 24.5 Å². The van der Waals surface area contributed by atoms with Gasteiger partial charge in [-0.1, -0.05) is 0 Å². The molecule has 1 aliphatic carbocycles. The second-order valence-corrected chi connectivity index (χ2v) is 4.23. The molecule has 0 radical (unpaired) electrons. The molecule has 0 unspecified atom stereocenters. The minimum Gasteiger partial charge on any atom is -0.491 e. The molecule has 1 aromatic rings. The van der Waals surface area contributed by atoms with Gasteiger partial charge in [-0.05, 0) is 43.9 Å². The van der Waals surface area contributed by atoms with E-state index in [1.807, 2.05) is 0 Å². The summed E-state index contributed by atoms with van der Waals surface area (Å²) in [5.41, 5.74) is 6.77. The van der Waals surface area contributed by atoms with Gasteiger partial charge < -0.3 is 15.2 Å². The Bertz CT molecular complexity index is 413. The lowest BCUT2D eigenvalue weighted by atomic mass is 10.2. The first kappa shape index (κ1) is 11.8. The lowest BCUT2D eigenvalue weighted by Gasteiger charge is -2.09. The van der Waals surface area contributed by atoms with Gasteiger partial charge in [0.15, 0.2) is 0 Å². The van der Waals surface area contributed by atoms with Gasteiger partial charge in [-0.2, -0.15) is 0 Å². The van der Waals surface area contributed by atoms with Crippen LogP contribution in [0.3, 0.4) is 0 Å². The third-order valence-corrected chi connectivity index (χ3v) is 2.69. The van der Waals surface area contributed by atoms with Crippen LogP contribution in [0.5, 0.6) is 5.75 Å². The largest absolute Gasteiger partial charge is 0.491 e. The number of nitrogen functional groups attached to an aromatic ring is 1. The molecule has 2 rings (SSSR count). The lowest BCUT2D eigenvalue weighted by molar-refractivity contribution is 0.0526. The monoisotopic (exact) mass is 235 g/mol. The van der Waals surface area contributed by atoms with Crippen LogP contribution in [-0.2, 0) is 4.74 Å². The Morgan fingerprint density at radius 2 is 2.24 bits per heavy atom. The van der Waals surface area contributed by atoms with Gasteiger partial charge in [-0.3, -0.25) is 0 Å². The van der Waals surface area contributed by atoms with Crippen LogP contribution in [0.4, 0.5) is 5.69 Å². The average Bonchev–Trinajstić information content (AvgIpc) is 3.11. The molecule has 4 nitrogen and oxygen atoms in total. The number of hydrogen-bond acceptors (Lipinski definition) is 4. The van der Waals surface area contributed by atoms with Crippen LogP contribution in [0.2, 0.25) is 0 Å². The Hall–Kier alpha value is -1.71. The predicted molar refractivity (Wildman–Crippen MR) is 65.0 cm³/mol. The summed E-state index contributed by atoms with van der Waals surface area (Å²) in [4.78, 5) is 11.5. The zero-order chi connectivity index (χ0) is 12.3. The SMILES string of the molecule is CCOC(=O)c1ccc(OCC2CC2)c(N)c1. The number of anilines is 1. The summed E-state index contributed by atoms with van der Waals surface area (Å²) < 4.78 is 10.5. The van der Waals surface area contributed by atoms with Crippen molar-refractivity contribution in [2.24, 2.45) is 5.92 Å². The molecule has 0 aromatic heterocycles. The van der Waals surface area contributed by atoms with Gasteiger partial charge >= 0.3 is 5.97 Å². The highest BCUT2D eigenvalue weighted by atomic mass is 16.5. The number of ether oxygens (including phenoxy) is 2. The summed E-state index contributed by atoms with van der Waals surface area (Å²) >= 11 is 0. The minimum absolute atomic E-state index is 0.354. The summed E-state index contributed by atoms with van der Waals surface area (Å²) in [7, 11) is 0. The molecule has 1 aromatic carbocycles. The molecule has 0 aliphatic heterocycles. The van der Waals surface area contributed by atoms with E-state index in [0.29, 0.717) is 36.1 Å². The molecule has 0 heterocycles. The number of carbonyl (C=O) groups is 1. The summed E-state index contributed by atoms with van der Waals surface area (Å²) in [5.74, 6) is 0.969. The van der Waals surface area contributed by atoms with Crippen LogP contribution in [0.15, 0.2) is 18.2 Å². The van der Waals surface area contributed by atoms with Crippen LogP contribution >= 0.6 is 0 Å². The molecule has 1 saturated carbocycles. The molecule has 17 heavy (non-hydrogen) atoms. The van der Waals surface area contributed by atoms with Crippen molar-refractivity contribution in [3.63, 3.8) is 0 Å². The van der Waals surface area contributed by atoms with Gasteiger partial charge in [0.2, 0.25) is 0 Å². The molecule has 0 spiro atoms. The number of rotatable bonds is 5.